The van der Waals surface area contributed by atoms with Gasteiger partial charge in [0.15, 0.2) is 0 Å². The molecule has 3 aromatic rings. The molecule has 110 valence electrons. The summed E-state index contributed by atoms with van der Waals surface area (Å²) < 4.78 is 16.3. The topological polar surface area (TPSA) is 17.8 Å². The zero-order valence-corrected chi connectivity index (χ0v) is 12.5. The number of aryl methyl sites for hydroxylation is 1. The molecule has 2 nitrogen and oxygen atoms in total. The molecule has 0 unspecified atom stereocenters. The molecule has 2 aromatic carbocycles. The van der Waals surface area contributed by atoms with Crippen LogP contribution in [0.4, 0.5) is 4.39 Å². The van der Waals surface area contributed by atoms with Crippen LogP contribution in [0.3, 0.4) is 0 Å². The molecule has 0 saturated heterocycles. The number of halogens is 1. The van der Waals surface area contributed by atoms with E-state index in [1.165, 1.54) is 5.56 Å². The van der Waals surface area contributed by atoms with Gasteiger partial charge >= 0.3 is 0 Å². The maximum absolute atomic E-state index is 14.3. The lowest BCUT2D eigenvalue weighted by atomic mass is 10.0. The van der Waals surface area contributed by atoms with Crippen molar-refractivity contribution in [3.05, 3.63) is 95.8 Å². The van der Waals surface area contributed by atoms with Gasteiger partial charge in [-0.15, -0.1) is 0 Å². The van der Waals surface area contributed by atoms with Crippen molar-refractivity contribution in [1.29, 1.82) is 0 Å². The Hall–Kier alpha value is -2.68. The van der Waals surface area contributed by atoms with Crippen molar-refractivity contribution in [3.63, 3.8) is 0 Å². The van der Waals surface area contributed by atoms with Crippen LogP contribution in [-0.2, 0) is 6.54 Å². The Morgan fingerprint density at radius 2 is 1.91 bits per heavy atom. The molecular formula is C19H17FN2. The minimum Gasteiger partial charge on any atom is -0.327 e. The van der Waals surface area contributed by atoms with Gasteiger partial charge in [-0.3, -0.25) is 0 Å². The summed E-state index contributed by atoms with van der Waals surface area (Å²) in [6.45, 7) is 6.48. The predicted octanol–water partition coefficient (Wildman–Crippen LogP) is 4.44. The van der Waals surface area contributed by atoms with E-state index in [1.54, 1.807) is 25.3 Å². The summed E-state index contributed by atoms with van der Waals surface area (Å²) in [5, 5.41) is 0. The fraction of sp³-hybridized carbons (Fsp3) is 0.105. The summed E-state index contributed by atoms with van der Waals surface area (Å²) in [4.78, 5) is 4.36. The molecule has 1 aromatic heterocycles. The monoisotopic (exact) mass is 292 g/mol. The summed E-state index contributed by atoms with van der Waals surface area (Å²) in [7, 11) is 0. The van der Waals surface area contributed by atoms with Crippen molar-refractivity contribution < 1.29 is 4.39 Å². The summed E-state index contributed by atoms with van der Waals surface area (Å²) in [6.07, 6.45) is 3.61. The van der Waals surface area contributed by atoms with Crippen molar-refractivity contribution in [2.75, 3.05) is 0 Å². The number of aromatic nitrogens is 2. The van der Waals surface area contributed by atoms with E-state index >= 15 is 0 Å². The summed E-state index contributed by atoms with van der Waals surface area (Å²) in [6, 6.07) is 15.4. The minimum atomic E-state index is -0.234. The Kier molecular flexibility index (Phi) is 3.88. The minimum absolute atomic E-state index is 0.234. The third kappa shape index (κ3) is 2.70. The van der Waals surface area contributed by atoms with Gasteiger partial charge in [0.1, 0.15) is 11.6 Å². The first-order valence-electron chi connectivity index (χ1n) is 7.16. The molecule has 0 N–H and O–H groups in total. The van der Waals surface area contributed by atoms with Crippen LogP contribution in [-0.4, -0.2) is 9.55 Å². The highest BCUT2D eigenvalue weighted by molar-refractivity contribution is 5.75. The van der Waals surface area contributed by atoms with Gasteiger partial charge in [-0.05, 0) is 18.1 Å². The first-order chi connectivity index (χ1) is 10.7. The zero-order chi connectivity index (χ0) is 15.5. The van der Waals surface area contributed by atoms with E-state index in [9.17, 15) is 4.39 Å². The molecule has 3 heteroatoms. The van der Waals surface area contributed by atoms with Gasteiger partial charge in [0.05, 0.1) is 0 Å². The van der Waals surface area contributed by atoms with Gasteiger partial charge in [0.25, 0.3) is 0 Å². The molecule has 0 atom stereocenters. The molecule has 0 bridgehead atoms. The second-order valence-corrected chi connectivity index (χ2v) is 5.28. The normalized spacial score (nSPS) is 10.6. The molecule has 0 radical (unpaired) electrons. The summed E-state index contributed by atoms with van der Waals surface area (Å²) in [5.41, 5.74) is 2.88. The average molecular weight is 292 g/mol. The van der Waals surface area contributed by atoms with Gasteiger partial charge in [0.2, 0.25) is 0 Å². The first-order valence-corrected chi connectivity index (χ1v) is 7.16. The highest BCUT2D eigenvalue weighted by atomic mass is 19.1. The van der Waals surface area contributed by atoms with Gasteiger partial charge < -0.3 is 4.57 Å². The molecular weight excluding hydrogens is 275 g/mol. The van der Waals surface area contributed by atoms with E-state index in [1.807, 2.05) is 35.0 Å². The van der Waals surface area contributed by atoms with E-state index in [0.717, 1.165) is 0 Å². The third-order valence-electron chi connectivity index (χ3n) is 3.70. The van der Waals surface area contributed by atoms with Gasteiger partial charge in [-0.1, -0.05) is 55.1 Å². The van der Waals surface area contributed by atoms with Gasteiger partial charge in [-0.25, -0.2) is 9.37 Å². The standard InChI is InChI=1S/C19H17FN2/c1-14-7-6-10-17(18(14)20)15(2)19-21-11-12-22(19)13-16-8-4-3-5-9-16/h3-12H,2,13H2,1H3. The Labute approximate surface area is 129 Å². The molecule has 0 aliphatic heterocycles. The fourth-order valence-corrected chi connectivity index (χ4v) is 2.49. The molecule has 0 saturated carbocycles. The third-order valence-corrected chi connectivity index (χ3v) is 3.70. The molecule has 0 fully saturated rings. The molecule has 22 heavy (non-hydrogen) atoms. The number of rotatable bonds is 4. The van der Waals surface area contributed by atoms with Gasteiger partial charge in [0, 0.05) is 30.1 Å². The Bertz CT molecular complexity index is 803. The lowest BCUT2D eigenvalue weighted by Gasteiger charge is -2.12. The van der Waals surface area contributed by atoms with Crippen LogP contribution >= 0.6 is 0 Å². The van der Waals surface area contributed by atoms with E-state index in [0.29, 0.717) is 29.1 Å². The SMILES string of the molecule is C=C(c1cccc(C)c1F)c1nccn1Cc1ccccc1. The van der Waals surface area contributed by atoms with E-state index in [2.05, 4.69) is 23.7 Å². The molecule has 3 rings (SSSR count). The fourth-order valence-electron chi connectivity index (χ4n) is 2.49. The van der Waals surface area contributed by atoms with E-state index in [-0.39, 0.29) is 5.82 Å². The largest absolute Gasteiger partial charge is 0.327 e. The second-order valence-electron chi connectivity index (χ2n) is 5.28. The highest BCUT2D eigenvalue weighted by Gasteiger charge is 2.14. The molecule has 0 aliphatic carbocycles. The number of benzene rings is 2. The maximum atomic E-state index is 14.3. The summed E-state index contributed by atoms with van der Waals surface area (Å²) in [5.74, 6) is 0.454. The Morgan fingerprint density at radius 1 is 1.14 bits per heavy atom. The quantitative estimate of drug-likeness (QED) is 0.695. The van der Waals surface area contributed by atoms with Crippen molar-refractivity contribution in [1.82, 2.24) is 9.55 Å². The average Bonchev–Trinajstić information content (AvgIpc) is 2.98. The number of hydrogen-bond acceptors (Lipinski definition) is 1. The van der Waals surface area contributed by atoms with Crippen LogP contribution in [0.25, 0.3) is 5.57 Å². The highest BCUT2D eigenvalue weighted by Crippen LogP contribution is 2.25. The molecule has 0 amide bonds. The van der Waals surface area contributed by atoms with Crippen LogP contribution in [0.1, 0.15) is 22.5 Å². The Balaban J connectivity index is 1.95. The van der Waals surface area contributed by atoms with Crippen LogP contribution in [0.5, 0.6) is 0 Å². The summed E-state index contributed by atoms with van der Waals surface area (Å²) >= 11 is 0. The number of nitrogens with zero attached hydrogens (tertiary/aromatic N) is 2. The number of imidazole rings is 1. The Morgan fingerprint density at radius 3 is 2.68 bits per heavy atom. The lowest BCUT2D eigenvalue weighted by molar-refractivity contribution is 0.614. The van der Waals surface area contributed by atoms with Crippen molar-refractivity contribution in [3.8, 4) is 0 Å². The van der Waals surface area contributed by atoms with Crippen LogP contribution in [0, 0.1) is 12.7 Å². The molecule has 0 spiro atoms. The second kappa shape index (κ2) is 5.98. The predicted molar refractivity (Wildman–Crippen MR) is 87.0 cm³/mol. The van der Waals surface area contributed by atoms with Crippen molar-refractivity contribution >= 4 is 5.57 Å². The first kappa shape index (κ1) is 14.3. The van der Waals surface area contributed by atoms with Gasteiger partial charge in [-0.2, -0.15) is 0 Å². The van der Waals surface area contributed by atoms with Crippen molar-refractivity contribution in [2.45, 2.75) is 13.5 Å². The van der Waals surface area contributed by atoms with E-state index in [4.69, 9.17) is 0 Å². The lowest BCUT2D eigenvalue weighted by Crippen LogP contribution is -2.05. The van der Waals surface area contributed by atoms with Crippen molar-refractivity contribution in [2.24, 2.45) is 0 Å². The maximum Gasteiger partial charge on any atom is 0.140 e. The smallest absolute Gasteiger partial charge is 0.140 e. The van der Waals surface area contributed by atoms with Crippen LogP contribution < -0.4 is 0 Å². The number of hydrogen-bond donors (Lipinski definition) is 0. The van der Waals surface area contributed by atoms with Crippen LogP contribution in [0.15, 0.2) is 67.5 Å². The molecule has 0 aliphatic rings. The zero-order valence-electron chi connectivity index (χ0n) is 12.5. The molecule has 1 heterocycles. The van der Waals surface area contributed by atoms with Crippen LogP contribution in [0.2, 0.25) is 0 Å². The van der Waals surface area contributed by atoms with E-state index < -0.39 is 0 Å².